The minimum absolute atomic E-state index is 0.124. The molecule has 142 valence electrons. The van der Waals surface area contributed by atoms with Crippen molar-refractivity contribution in [3.05, 3.63) is 84.1 Å². The van der Waals surface area contributed by atoms with Gasteiger partial charge < -0.3 is 4.90 Å². The number of nitrogens with zero attached hydrogens (tertiary/aromatic N) is 3. The lowest BCUT2D eigenvalue weighted by Gasteiger charge is -2.32. The van der Waals surface area contributed by atoms with Gasteiger partial charge in [-0.2, -0.15) is 0 Å². The summed E-state index contributed by atoms with van der Waals surface area (Å²) in [6.45, 7) is 1.44. The monoisotopic (exact) mass is 375 g/mol. The van der Waals surface area contributed by atoms with Gasteiger partial charge in [-0.3, -0.25) is 14.8 Å². The van der Waals surface area contributed by atoms with E-state index in [0.717, 1.165) is 41.9 Å². The van der Waals surface area contributed by atoms with Crippen molar-refractivity contribution in [3.8, 4) is 11.3 Å². The molecule has 0 spiro atoms. The maximum absolute atomic E-state index is 13.6. The third kappa shape index (κ3) is 4.25. The van der Waals surface area contributed by atoms with Gasteiger partial charge in [-0.15, -0.1) is 0 Å². The van der Waals surface area contributed by atoms with Crippen molar-refractivity contribution in [1.82, 2.24) is 14.9 Å². The highest BCUT2D eigenvalue weighted by atomic mass is 19.1. The third-order valence-electron chi connectivity index (χ3n) is 5.16. The number of piperidine rings is 1. The molecule has 2 aromatic heterocycles. The predicted octanol–water partition coefficient (Wildman–Crippen LogP) is 4.23. The molecule has 0 saturated carbocycles. The molecule has 1 aliphatic heterocycles. The summed E-state index contributed by atoms with van der Waals surface area (Å²) in [7, 11) is 0. The summed E-state index contributed by atoms with van der Waals surface area (Å²) in [6, 6.07) is 16.1. The number of aromatic nitrogens is 2. The van der Waals surface area contributed by atoms with Crippen LogP contribution in [0.15, 0.2) is 67.0 Å². The molecule has 3 heterocycles. The predicted molar refractivity (Wildman–Crippen MR) is 106 cm³/mol. The fourth-order valence-corrected chi connectivity index (χ4v) is 3.72. The number of likely N-dealkylation sites (tertiary alicyclic amines) is 1. The van der Waals surface area contributed by atoms with E-state index in [-0.39, 0.29) is 17.6 Å². The molecule has 4 rings (SSSR count). The number of rotatable bonds is 4. The zero-order chi connectivity index (χ0) is 19.3. The molecule has 1 fully saturated rings. The van der Waals surface area contributed by atoms with Gasteiger partial charge in [0.25, 0.3) is 0 Å². The van der Waals surface area contributed by atoms with Crippen molar-refractivity contribution in [1.29, 1.82) is 0 Å². The molecule has 5 heteroatoms. The van der Waals surface area contributed by atoms with E-state index in [1.54, 1.807) is 18.5 Å². The summed E-state index contributed by atoms with van der Waals surface area (Å²) in [4.78, 5) is 23.5. The fourth-order valence-electron chi connectivity index (χ4n) is 3.72. The van der Waals surface area contributed by atoms with Gasteiger partial charge in [0, 0.05) is 42.7 Å². The zero-order valence-electron chi connectivity index (χ0n) is 15.6. The van der Waals surface area contributed by atoms with E-state index < -0.39 is 0 Å². The molecule has 1 atom stereocenters. The first kappa shape index (κ1) is 18.3. The van der Waals surface area contributed by atoms with Gasteiger partial charge >= 0.3 is 0 Å². The molecule has 0 N–H and O–H groups in total. The van der Waals surface area contributed by atoms with Crippen LogP contribution in [0.5, 0.6) is 0 Å². The van der Waals surface area contributed by atoms with E-state index in [4.69, 9.17) is 4.98 Å². The summed E-state index contributed by atoms with van der Waals surface area (Å²) in [5.74, 6) is 0.0497. The second kappa shape index (κ2) is 8.30. The van der Waals surface area contributed by atoms with Crippen LogP contribution in [0.1, 0.15) is 30.0 Å². The highest BCUT2D eigenvalue weighted by molar-refractivity contribution is 5.78. The van der Waals surface area contributed by atoms with Crippen LogP contribution in [0.3, 0.4) is 0 Å². The van der Waals surface area contributed by atoms with Gasteiger partial charge in [0.1, 0.15) is 5.82 Å². The minimum Gasteiger partial charge on any atom is -0.342 e. The van der Waals surface area contributed by atoms with Crippen LogP contribution in [0, 0.1) is 5.82 Å². The Bertz CT molecular complexity index is 961. The Hall–Kier alpha value is -3.08. The smallest absolute Gasteiger partial charge is 0.227 e. The molecular formula is C23H22FN3O. The van der Waals surface area contributed by atoms with Crippen LogP contribution in [0.4, 0.5) is 4.39 Å². The van der Waals surface area contributed by atoms with Crippen LogP contribution in [0.25, 0.3) is 11.3 Å². The van der Waals surface area contributed by atoms with E-state index in [0.29, 0.717) is 13.0 Å². The third-order valence-corrected chi connectivity index (χ3v) is 5.16. The Morgan fingerprint density at radius 3 is 2.86 bits per heavy atom. The Balaban J connectivity index is 1.49. The lowest BCUT2D eigenvalue weighted by Crippen LogP contribution is -2.40. The van der Waals surface area contributed by atoms with Crippen LogP contribution in [-0.4, -0.2) is 33.9 Å². The molecule has 4 nitrogen and oxygen atoms in total. The van der Waals surface area contributed by atoms with Crippen LogP contribution in [0.2, 0.25) is 0 Å². The zero-order valence-corrected chi connectivity index (χ0v) is 15.6. The topological polar surface area (TPSA) is 46.1 Å². The van der Waals surface area contributed by atoms with Crippen LogP contribution >= 0.6 is 0 Å². The maximum Gasteiger partial charge on any atom is 0.227 e. The number of carbonyl (C=O) groups excluding carboxylic acids is 1. The molecule has 28 heavy (non-hydrogen) atoms. The number of benzene rings is 1. The molecule has 0 radical (unpaired) electrons. The van der Waals surface area contributed by atoms with Crippen LogP contribution < -0.4 is 0 Å². The van der Waals surface area contributed by atoms with Gasteiger partial charge in [0.2, 0.25) is 5.91 Å². The van der Waals surface area contributed by atoms with E-state index in [9.17, 15) is 9.18 Å². The van der Waals surface area contributed by atoms with Gasteiger partial charge in [0.05, 0.1) is 12.1 Å². The highest BCUT2D eigenvalue weighted by Crippen LogP contribution is 2.28. The summed E-state index contributed by atoms with van der Waals surface area (Å²) in [5.41, 5.74) is 3.42. The summed E-state index contributed by atoms with van der Waals surface area (Å²) < 4.78 is 13.6. The molecular weight excluding hydrogens is 353 g/mol. The largest absolute Gasteiger partial charge is 0.342 e. The average molecular weight is 375 g/mol. The summed E-state index contributed by atoms with van der Waals surface area (Å²) in [6.07, 6.45) is 5.77. The van der Waals surface area contributed by atoms with Gasteiger partial charge in [0.15, 0.2) is 0 Å². The molecule has 1 unspecified atom stereocenters. The number of amides is 1. The number of hydrogen-bond acceptors (Lipinski definition) is 3. The minimum atomic E-state index is -0.269. The maximum atomic E-state index is 13.6. The van der Waals surface area contributed by atoms with E-state index in [1.165, 1.54) is 12.1 Å². The fraction of sp³-hybridized carbons (Fsp3) is 0.261. The van der Waals surface area contributed by atoms with Crippen molar-refractivity contribution >= 4 is 5.91 Å². The Morgan fingerprint density at radius 1 is 1.14 bits per heavy atom. The van der Waals surface area contributed by atoms with Crippen molar-refractivity contribution in [2.75, 3.05) is 13.1 Å². The second-order valence-electron chi connectivity index (χ2n) is 7.17. The number of hydrogen-bond donors (Lipinski definition) is 0. The van der Waals surface area contributed by atoms with E-state index in [2.05, 4.69) is 4.98 Å². The first-order valence-electron chi connectivity index (χ1n) is 9.58. The van der Waals surface area contributed by atoms with Crippen LogP contribution in [-0.2, 0) is 11.2 Å². The number of carbonyl (C=O) groups is 1. The molecule has 3 aromatic rings. The lowest BCUT2D eigenvalue weighted by atomic mass is 9.93. The molecule has 1 amide bonds. The first-order valence-corrected chi connectivity index (χ1v) is 9.58. The normalized spacial score (nSPS) is 16.8. The quantitative estimate of drug-likeness (QED) is 0.685. The summed E-state index contributed by atoms with van der Waals surface area (Å²) >= 11 is 0. The molecule has 1 aromatic carbocycles. The molecule has 0 bridgehead atoms. The van der Waals surface area contributed by atoms with E-state index in [1.807, 2.05) is 41.3 Å². The average Bonchev–Trinajstić information content (AvgIpc) is 2.75. The van der Waals surface area contributed by atoms with Crippen molar-refractivity contribution in [2.45, 2.75) is 25.2 Å². The van der Waals surface area contributed by atoms with Gasteiger partial charge in [-0.05, 0) is 48.7 Å². The van der Waals surface area contributed by atoms with Gasteiger partial charge in [-0.1, -0.05) is 24.3 Å². The highest BCUT2D eigenvalue weighted by Gasteiger charge is 2.25. The van der Waals surface area contributed by atoms with Crippen molar-refractivity contribution in [3.63, 3.8) is 0 Å². The molecule has 0 aliphatic carbocycles. The Morgan fingerprint density at radius 2 is 2.04 bits per heavy atom. The molecule has 1 aliphatic rings. The second-order valence-corrected chi connectivity index (χ2v) is 7.17. The first-order chi connectivity index (χ1) is 13.7. The van der Waals surface area contributed by atoms with Gasteiger partial charge in [-0.25, -0.2) is 4.39 Å². The number of pyridine rings is 2. The summed E-state index contributed by atoms with van der Waals surface area (Å²) in [5, 5.41) is 0. The number of halogens is 1. The Kier molecular flexibility index (Phi) is 5.42. The lowest BCUT2D eigenvalue weighted by molar-refractivity contribution is -0.131. The molecule has 1 saturated heterocycles. The van der Waals surface area contributed by atoms with Crippen molar-refractivity contribution in [2.24, 2.45) is 0 Å². The van der Waals surface area contributed by atoms with Crippen molar-refractivity contribution < 1.29 is 9.18 Å². The Labute approximate surface area is 164 Å². The standard InChI is InChI=1S/C23H22FN3O/c24-20-8-1-6-18(14-20)21-9-2-10-22(26-21)19-7-4-12-27(16-19)23(28)13-17-5-3-11-25-15-17/h1-3,5-6,8-11,14-15,19H,4,7,12-13,16H2. The van der Waals surface area contributed by atoms with E-state index >= 15 is 0 Å². The SMILES string of the molecule is O=C(Cc1cccnc1)N1CCCC(c2cccc(-c3cccc(F)c3)n2)C1.